The second-order valence-corrected chi connectivity index (χ2v) is 10.1. The Morgan fingerprint density at radius 2 is 1.67 bits per heavy atom. The Kier molecular flexibility index (Phi) is 9.38. The zero-order chi connectivity index (χ0) is 22.9. The van der Waals surface area contributed by atoms with E-state index in [0.717, 1.165) is 23.4 Å². The van der Waals surface area contributed by atoms with Gasteiger partial charge in [-0.1, -0.05) is 51.4 Å². The van der Waals surface area contributed by atoms with Gasteiger partial charge in [-0.3, -0.25) is 0 Å². The average molecular weight is 458 g/mol. The van der Waals surface area contributed by atoms with E-state index in [1.54, 1.807) is 6.33 Å². The number of nitrogens with zero attached hydrogens (tertiary/aromatic N) is 3. The summed E-state index contributed by atoms with van der Waals surface area (Å²) in [6, 6.07) is 2.90. The van der Waals surface area contributed by atoms with Gasteiger partial charge in [-0.05, 0) is 44.6 Å². The number of aliphatic hydroxyl groups is 2. The molecule has 2 aliphatic carbocycles. The number of nitrogens with one attached hydrogen (secondary N) is 2. The molecule has 2 saturated carbocycles. The summed E-state index contributed by atoms with van der Waals surface area (Å²) in [5.74, 6) is 0.982. The standard InChI is InChI=1S/C26H43N5O2/c32-18-15-23(30-20-9-5-1-2-6-10-20)24(33)14-17-31(21-11-7-3-4-8-12-21)26-22-13-16-27-25(22)28-19-29-26/h13,16,19-21,23-24,30,32-33H,1-12,14-15,17-18H2,(H,27,28,29). The Morgan fingerprint density at radius 3 is 2.36 bits per heavy atom. The number of aromatic nitrogens is 3. The van der Waals surface area contributed by atoms with Crippen LogP contribution in [0, 0.1) is 0 Å². The van der Waals surface area contributed by atoms with E-state index in [4.69, 9.17) is 4.98 Å². The maximum absolute atomic E-state index is 11.2. The molecule has 2 aromatic rings. The molecule has 0 radical (unpaired) electrons. The minimum atomic E-state index is -0.489. The van der Waals surface area contributed by atoms with Gasteiger partial charge in [0.15, 0.2) is 0 Å². The fraction of sp³-hybridized carbons (Fsp3) is 0.769. The lowest BCUT2D eigenvalue weighted by Crippen LogP contribution is -2.47. The maximum atomic E-state index is 11.2. The largest absolute Gasteiger partial charge is 0.396 e. The molecule has 184 valence electrons. The highest BCUT2D eigenvalue weighted by molar-refractivity contribution is 5.87. The molecule has 7 heteroatoms. The number of hydrogen-bond acceptors (Lipinski definition) is 6. The third kappa shape index (κ3) is 6.67. The molecule has 0 saturated heterocycles. The molecule has 2 aliphatic rings. The highest BCUT2D eigenvalue weighted by Gasteiger charge is 2.27. The number of rotatable bonds is 10. The number of aromatic amines is 1. The molecule has 0 aliphatic heterocycles. The average Bonchev–Trinajstić information content (AvgIpc) is 3.00. The number of aliphatic hydroxyl groups excluding tert-OH is 2. The Bertz CT molecular complexity index is 812. The summed E-state index contributed by atoms with van der Waals surface area (Å²) in [4.78, 5) is 14.7. The van der Waals surface area contributed by atoms with Crippen LogP contribution in [0.25, 0.3) is 11.0 Å². The van der Waals surface area contributed by atoms with Crippen LogP contribution < -0.4 is 10.2 Å². The Labute approximate surface area is 198 Å². The van der Waals surface area contributed by atoms with Gasteiger partial charge in [0.25, 0.3) is 0 Å². The summed E-state index contributed by atoms with van der Waals surface area (Å²) in [6.45, 7) is 0.862. The molecule has 0 bridgehead atoms. The van der Waals surface area contributed by atoms with Gasteiger partial charge in [-0.25, -0.2) is 9.97 Å². The van der Waals surface area contributed by atoms with Crippen molar-refractivity contribution in [3.05, 3.63) is 18.6 Å². The molecule has 2 aromatic heterocycles. The summed E-state index contributed by atoms with van der Waals surface area (Å²) in [5, 5.41) is 25.7. The first kappa shape index (κ1) is 24.4. The second-order valence-electron chi connectivity index (χ2n) is 10.1. The zero-order valence-electron chi connectivity index (χ0n) is 20.1. The van der Waals surface area contributed by atoms with Gasteiger partial charge in [0.05, 0.1) is 11.5 Å². The first-order chi connectivity index (χ1) is 16.3. The fourth-order valence-electron chi connectivity index (χ4n) is 5.87. The number of anilines is 1. The van der Waals surface area contributed by atoms with E-state index in [1.807, 2.05) is 6.20 Å². The van der Waals surface area contributed by atoms with E-state index < -0.39 is 6.10 Å². The Hall–Kier alpha value is -1.70. The highest BCUT2D eigenvalue weighted by atomic mass is 16.3. The highest BCUT2D eigenvalue weighted by Crippen LogP contribution is 2.30. The van der Waals surface area contributed by atoms with Crippen molar-refractivity contribution in [3.8, 4) is 0 Å². The van der Waals surface area contributed by atoms with Crippen molar-refractivity contribution in [3.63, 3.8) is 0 Å². The minimum absolute atomic E-state index is 0.0632. The summed E-state index contributed by atoms with van der Waals surface area (Å²) in [6.07, 6.45) is 19.3. The molecule has 0 amide bonds. The predicted octanol–water partition coefficient (Wildman–Crippen LogP) is 4.30. The van der Waals surface area contributed by atoms with Crippen LogP contribution in [-0.2, 0) is 0 Å². The monoisotopic (exact) mass is 457 g/mol. The molecule has 33 heavy (non-hydrogen) atoms. The normalized spacial score (nSPS) is 20.9. The van der Waals surface area contributed by atoms with Gasteiger partial charge in [-0.2, -0.15) is 0 Å². The quantitative estimate of drug-likeness (QED) is 0.397. The van der Waals surface area contributed by atoms with Crippen molar-refractivity contribution < 1.29 is 10.2 Å². The zero-order valence-corrected chi connectivity index (χ0v) is 20.1. The van der Waals surface area contributed by atoms with E-state index in [-0.39, 0.29) is 12.6 Å². The first-order valence-electron chi connectivity index (χ1n) is 13.4. The molecule has 2 fully saturated rings. The van der Waals surface area contributed by atoms with Crippen LogP contribution in [-0.4, -0.2) is 62.5 Å². The molecule has 0 aromatic carbocycles. The van der Waals surface area contributed by atoms with E-state index in [2.05, 4.69) is 26.3 Å². The second kappa shape index (κ2) is 12.7. The van der Waals surface area contributed by atoms with Crippen LogP contribution in [0.5, 0.6) is 0 Å². The Balaban J connectivity index is 1.47. The van der Waals surface area contributed by atoms with Crippen LogP contribution in [0.15, 0.2) is 18.6 Å². The summed E-state index contributed by atoms with van der Waals surface area (Å²) in [5.41, 5.74) is 0.868. The minimum Gasteiger partial charge on any atom is -0.396 e. The topological polar surface area (TPSA) is 97.3 Å². The van der Waals surface area contributed by atoms with Gasteiger partial charge in [0, 0.05) is 37.5 Å². The van der Waals surface area contributed by atoms with Crippen molar-refractivity contribution >= 4 is 16.9 Å². The molecule has 2 unspecified atom stereocenters. The van der Waals surface area contributed by atoms with E-state index >= 15 is 0 Å². The van der Waals surface area contributed by atoms with Crippen LogP contribution in [0.3, 0.4) is 0 Å². The predicted molar refractivity (Wildman–Crippen MR) is 133 cm³/mol. The fourth-order valence-corrected chi connectivity index (χ4v) is 5.87. The third-order valence-corrected chi connectivity index (χ3v) is 7.75. The summed E-state index contributed by atoms with van der Waals surface area (Å²) >= 11 is 0. The SMILES string of the molecule is OCCC(NC1CCCCCC1)C(O)CCN(c1ncnc2[nH]ccc12)C1CCCCCC1. The summed E-state index contributed by atoms with van der Waals surface area (Å²) < 4.78 is 0. The molecule has 4 N–H and O–H groups in total. The van der Waals surface area contributed by atoms with E-state index in [1.165, 1.54) is 77.0 Å². The smallest absolute Gasteiger partial charge is 0.142 e. The Morgan fingerprint density at radius 1 is 0.970 bits per heavy atom. The first-order valence-corrected chi connectivity index (χ1v) is 13.4. The van der Waals surface area contributed by atoms with Gasteiger partial charge < -0.3 is 25.4 Å². The number of H-pyrrole nitrogens is 1. The van der Waals surface area contributed by atoms with Gasteiger partial charge in [-0.15, -0.1) is 0 Å². The molecule has 2 heterocycles. The van der Waals surface area contributed by atoms with E-state index in [0.29, 0.717) is 24.9 Å². The number of fused-ring (bicyclic) bond motifs is 1. The molecule has 0 spiro atoms. The molecule has 4 rings (SSSR count). The molecular formula is C26H43N5O2. The number of hydrogen-bond donors (Lipinski definition) is 4. The van der Waals surface area contributed by atoms with Crippen LogP contribution in [0.2, 0.25) is 0 Å². The van der Waals surface area contributed by atoms with Crippen LogP contribution >= 0.6 is 0 Å². The van der Waals surface area contributed by atoms with E-state index in [9.17, 15) is 10.2 Å². The van der Waals surface area contributed by atoms with Crippen molar-refractivity contribution in [1.82, 2.24) is 20.3 Å². The molecular weight excluding hydrogens is 414 g/mol. The lowest BCUT2D eigenvalue weighted by Gasteiger charge is -2.35. The van der Waals surface area contributed by atoms with Crippen molar-refractivity contribution in [2.45, 2.75) is 114 Å². The summed E-state index contributed by atoms with van der Waals surface area (Å²) in [7, 11) is 0. The lowest BCUT2D eigenvalue weighted by molar-refractivity contribution is 0.0952. The van der Waals surface area contributed by atoms with Crippen molar-refractivity contribution in [1.29, 1.82) is 0 Å². The molecule has 2 atom stereocenters. The van der Waals surface area contributed by atoms with Gasteiger partial charge in [0.1, 0.15) is 17.8 Å². The van der Waals surface area contributed by atoms with Crippen molar-refractivity contribution in [2.24, 2.45) is 0 Å². The third-order valence-electron chi connectivity index (χ3n) is 7.75. The van der Waals surface area contributed by atoms with Crippen LogP contribution in [0.4, 0.5) is 5.82 Å². The maximum Gasteiger partial charge on any atom is 0.142 e. The van der Waals surface area contributed by atoms with Crippen LogP contribution in [0.1, 0.15) is 89.9 Å². The van der Waals surface area contributed by atoms with Gasteiger partial charge >= 0.3 is 0 Å². The lowest BCUT2D eigenvalue weighted by atomic mass is 9.99. The molecule has 7 nitrogen and oxygen atoms in total. The van der Waals surface area contributed by atoms with Gasteiger partial charge in [0.2, 0.25) is 0 Å². The van der Waals surface area contributed by atoms with Crippen molar-refractivity contribution in [2.75, 3.05) is 18.1 Å².